The molecule has 2 aromatic rings. The lowest BCUT2D eigenvalue weighted by molar-refractivity contribution is -0.127. The summed E-state index contributed by atoms with van der Waals surface area (Å²) in [6.07, 6.45) is 7.64. The van der Waals surface area contributed by atoms with Gasteiger partial charge in [-0.05, 0) is 42.7 Å². The van der Waals surface area contributed by atoms with E-state index in [9.17, 15) is 22.4 Å². The van der Waals surface area contributed by atoms with Crippen LogP contribution < -0.4 is 9.47 Å². The number of nitrogens with zero attached hydrogens (tertiary/aromatic N) is 2. The summed E-state index contributed by atoms with van der Waals surface area (Å²) in [5, 5.41) is 0. The molecule has 29 heavy (non-hydrogen) atoms. The zero-order valence-electron chi connectivity index (χ0n) is 15.2. The molecule has 1 aromatic carbocycles. The number of pyridine rings is 1. The predicted octanol–water partition coefficient (Wildman–Crippen LogP) is 4.49. The normalized spacial score (nSPS) is 13.9. The van der Waals surface area contributed by atoms with Crippen molar-refractivity contribution in [3.8, 4) is 11.5 Å². The number of carbonyl (C=O) groups excluding carboxylic acids is 1. The van der Waals surface area contributed by atoms with Crippen LogP contribution in [0.15, 0.2) is 48.8 Å². The third-order valence-corrected chi connectivity index (χ3v) is 4.18. The van der Waals surface area contributed by atoms with E-state index in [0.717, 1.165) is 24.5 Å². The van der Waals surface area contributed by atoms with E-state index in [1.54, 1.807) is 23.4 Å². The van der Waals surface area contributed by atoms with Gasteiger partial charge >= 0.3 is 13.2 Å². The standard InChI is InChI=1S/C20H18F4N2O3/c21-19(22)28-16-7-3-14(17(10-16)29-20(23)24)4-8-18(27)26(15-5-6-15)12-13-2-1-9-25-11-13/h1-4,7-11,15,19-20H,5-6,12H2/b8-4+. The molecular weight excluding hydrogens is 392 g/mol. The Morgan fingerprint density at radius 2 is 1.93 bits per heavy atom. The molecule has 0 aliphatic heterocycles. The quantitative estimate of drug-likeness (QED) is 0.452. The van der Waals surface area contributed by atoms with Crippen molar-refractivity contribution in [2.24, 2.45) is 0 Å². The Kier molecular flexibility index (Phi) is 6.69. The molecule has 1 aliphatic carbocycles. The van der Waals surface area contributed by atoms with E-state index in [-0.39, 0.29) is 29.0 Å². The minimum Gasteiger partial charge on any atom is -0.435 e. The van der Waals surface area contributed by atoms with Gasteiger partial charge in [0, 0.05) is 42.7 Å². The highest BCUT2D eigenvalue weighted by Gasteiger charge is 2.31. The van der Waals surface area contributed by atoms with Gasteiger partial charge in [-0.25, -0.2) is 0 Å². The first-order chi connectivity index (χ1) is 13.9. The van der Waals surface area contributed by atoms with E-state index in [0.29, 0.717) is 6.54 Å². The van der Waals surface area contributed by atoms with Gasteiger partial charge in [-0.3, -0.25) is 9.78 Å². The van der Waals surface area contributed by atoms with Gasteiger partial charge in [0.25, 0.3) is 0 Å². The third kappa shape index (κ3) is 6.20. The monoisotopic (exact) mass is 410 g/mol. The van der Waals surface area contributed by atoms with Crippen LogP contribution in [0.1, 0.15) is 24.0 Å². The Hall–Kier alpha value is -3.10. The summed E-state index contributed by atoms with van der Waals surface area (Å²) in [5.41, 5.74) is 1.01. The van der Waals surface area contributed by atoms with Crippen molar-refractivity contribution < 1.29 is 31.8 Å². The minimum absolute atomic E-state index is 0.117. The number of ether oxygens (including phenoxy) is 2. The lowest BCUT2D eigenvalue weighted by atomic mass is 10.1. The van der Waals surface area contributed by atoms with Crippen LogP contribution in [0, 0.1) is 0 Å². The third-order valence-electron chi connectivity index (χ3n) is 4.18. The van der Waals surface area contributed by atoms with E-state index >= 15 is 0 Å². The van der Waals surface area contributed by atoms with Crippen LogP contribution in [0.2, 0.25) is 0 Å². The maximum absolute atomic E-state index is 12.7. The zero-order chi connectivity index (χ0) is 20.8. The number of halogens is 4. The van der Waals surface area contributed by atoms with Crippen LogP contribution in [0.3, 0.4) is 0 Å². The Balaban J connectivity index is 1.76. The Labute approximate surface area is 164 Å². The molecule has 0 saturated heterocycles. The molecule has 1 aliphatic rings. The maximum Gasteiger partial charge on any atom is 0.387 e. The molecule has 1 fully saturated rings. The lowest BCUT2D eigenvalue weighted by Crippen LogP contribution is -2.31. The van der Waals surface area contributed by atoms with Crippen LogP contribution in [0.25, 0.3) is 6.08 Å². The molecule has 1 aromatic heterocycles. The summed E-state index contributed by atoms with van der Waals surface area (Å²) in [7, 11) is 0. The summed E-state index contributed by atoms with van der Waals surface area (Å²) in [4.78, 5) is 18.4. The molecular formula is C20H18F4N2O3. The largest absolute Gasteiger partial charge is 0.435 e. The summed E-state index contributed by atoms with van der Waals surface area (Å²) in [6, 6.07) is 7.13. The number of hydrogen-bond acceptors (Lipinski definition) is 4. The number of amides is 1. The van der Waals surface area contributed by atoms with E-state index in [1.807, 2.05) is 6.07 Å². The van der Waals surface area contributed by atoms with Gasteiger partial charge in [-0.1, -0.05) is 6.07 Å². The van der Waals surface area contributed by atoms with Crippen LogP contribution in [-0.4, -0.2) is 35.1 Å². The van der Waals surface area contributed by atoms with E-state index in [2.05, 4.69) is 14.5 Å². The molecule has 3 rings (SSSR count). The van der Waals surface area contributed by atoms with Crippen molar-refractivity contribution in [1.82, 2.24) is 9.88 Å². The van der Waals surface area contributed by atoms with E-state index < -0.39 is 13.2 Å². The second-order valence-corrected chi connectivity index (χ2v) is 6.35. The SMILES string of the molecule is O=C(/C=C/c1ccc(OC(F)F)cc1OC(F)F)N(Cc1cccnc1)C1CC1. The van der Waals surface area contributed by atoms with Crippen molar-refractivity contribution in [2.75, 3.05) is 0 Å². The van der Waals surface area contributed by atoms with Gasteiger partial charge in [0.15, 0.2) is 0 Å². The number of hydrogen-bond donors (Lipinski definition) is 0. The molecule has 1 amide bonds. The van der Waals surface area contributed by atoms with E-state index in [1.165, 1.54) is 24.3 Å². The molecule has 0 N–H and O–H groups in total. The Morgan fingerprint density at radius 1 is 1.17 bits per heavy atom. The topological polar surface area (TPSA) is 51.7 Å². The molecule has 0 atom stereocenters. The molecule has 0 radical (unpaired) electrons. The summed E-state index contributed by atoms with van der Waals surface area (Å²) < 4.78 is 58.6. The summed E-state index contributed by atoms with van der Waals surface area (Å²) >= 11 is 0. The van der Waals surface area contributed by atoms with Crippen LogP contribution >= 0.6 is 0 Å². The highest BCUT2D eigenvalue weighted by Crippen LogP contribution is 2.30. The molecule has 0 bridgehead atoms. The Morgan fingerprint density at radius 3 is 2.55 bits per heavy atom. The molecule has 1 heterocycles. The number of benzene rings is 1. The minimum atomic E-state index is -3.16. The molecule has 154 valence electrons. The fourth-order valence-corrected chi connectivity index (χ4v) is 2.74. The fraction of sp³-hybridized carbons (Fsp3) is 0.300. The van der Waals surface area contributed by atoms with Crippen LogP contribution in [-0.2, 0) is 11.3 Å². The van der Waals surface area contributed by atoms with Gasteiger partial charge < -0.3 is 14.4 Å². The van der Waals surface area contributed by atoms with Gasteiger partial charge in [0.05, 0.1) is 0 Å². The summed E-state index contributed by atoms with van der Waals surface area (Å²) in [6.45, 7) is -5.88. The number of carbonyl (C=O) groups is 1. The number of rotatable bonds is 9. The molecule has 5 nitrogen and oxygen atoms in total. The van der Waals surface area contributed by atoms with Crippen molar-refractivity contribution >= 4 is 12.0 Å². The van der Waals surface area contributed by atoms with Crippen molar-refractivity contribution in [3.63, 3.8) is 0 Å². The smallest absolute Gasteiger partial charge is 0.387 e. The van der Waals surface area contributed by atoms with Gasteiger partial charge in [0.2, 0.25) is 5.91 Å². The van der Waals surface area contributed by atoms with Crippen LogP contribution in [0.4, 0.5) is 17.6 Å². The number of aromatic nitrogens is 1. The molecule has 0 unspecified atom stereocenters. The fourth-order valence-electron chi connectivity index (χ4n) is 2.74. The van der Waals surface area contributed by atoms with Gasteiger partial charge in [-0.2, -0.15) is 17.6 Å². The van der Waals surface area contributed by atoms with Crippen molar-refractivity contribution in [2.45, 2.75) is 38.7 Å². The van der Waals surface area contributed by atoms with Crippen molar-refractivity contribution in [1.29, 1.82) is 0 Å². The zero-order valence-corrected chi connectivity index (χ0v) is 15.2. The average Bonchev–Trinajstić information content (AvgIpc) is 3.50. The van der Waals surface area contributed by atoms with Gasteiger partial charge in [0.1, 0.15) is 11.5 Å². The summed E-state index contributed by atoms with van der Waals surface area (Å²) in [5.74, 6) is -0.991. The van der Waals surface area contributed by atoms with E-state index in [4.69, 9.17) is 0 Å². The maximum atomic E-state index is 12.7. The van der Waals surface area contributed by atoms with Gasteiger partial charge in [-0.15, -0.1) is 0 Å². The average molecular weight is 410 g/mol. The predicted molar refractivity (Wildman–Crippen MR) is 96.5 cm³/mol. The number of alkyl halides is 4. The highest BCUT2D eigenvalue weighted by atomic mass is 19.3. The second-order valence-electron chi connectivity index (χ2n) is 6.35. The first-order valence-corrected chi connectivity index (χ1v) is 8.83. The first-order valence-electron chi connectivity index (χ1n) is 8.83. The molecule has 1 saturated carbocycles. The second kappa shape index (κ2) is 9.40. The molecule has 9 heteroatoms. The Bertz CT molecular complexity index is 858. The molecule has 0 spiro atoms. The lowest BCUT2D eigenvalue weighted by Gasteiger charge is -2.20. The first kappa shape index (κ1) is 20.6. The van der Waals surface area contributed by atoms with Crippen LogP contribution in [0.5, 0.6) is 11.5 Å². The van der Waals surface area contributed by atoms with Crippen molar-refractivity contribution in [3.05, 3.63) is 59.9 Å². The highest BCUT2D eigenvalue weighted by molar-refractivity contribution is 5.92.